The molecule has 1 rings (SSSR count). The molecule has 0 aromatic rings. The first kappa shape index (κ1) is 12.0. The summed E-state index contributed by atoms with van der Waals surface area (Å²) in [5.74, 6) is 0. The molecule has 0 atom stereocenters. The van der Waals surface area contributed by atoms with E-state index in [1.54, 1.807) is 0 Å². The van der Waals surface area contributed by atoms with E-state index in [-0.39, 0.29) is 0 Å². The third-order valence-electron chi connectivity index (χ3n) is 1.91. The molecule has 0 unspecified atom stereocenters. The molecular formula is C12H18S2. The molecule has 1 saturated heterocycles. The van der Waals surface area contributed by atoms with E-state index in [9.17, 15) is 0 Å². The van der Waals surface area contributed by atoms with Gasteiger partial charge in [0.05, 0.1) is 0 Å². The van der Waals surface area contributed by atoms with Crippen molar-refractivity contribution in [1.29, 1.82) is 0 Å². The summed E-state index contributed by atoms with van der Waals surface area (Å²) in [6.45, 7) is 13.1. The quantitative estimate of drug-likeness (QED) is 0.549. The predicted octanol–water partition coefficient (Wildman–Crippen LogP) is 5.31. The summed E-state index contributed by atoms with van der Waals surface area (Å²) in [6.07, 6.45) is 0. The molecule has 0 nitrogen and oxygen atoms in total. The second kappa shape index (κ2) is 4.63. The van der Waals surface area contributed by atoms with E-state index in [2.05, 4.69) is 41.5 Å². The minimum atomic E-state index is 1.43. The van der Waals surface area contributed by atoms with Gasteiger partial charge in [-0.05, 0) is 41.5 Å². The monoisotopic (exact) mass is 226 g/mol. The van der Waals surface area contributed by atoms with Crippen LogP contribution in [0.4, 0.5) is 0 Å². The molecule has 0 bridgehead atoms. The molecule has 0 radical (unpaired) electrons. The molecule has 0 N–H and O–H groups in total. The minimum Gasteiger partial charge on any atom is -0.0817 e. The third kappa shape index (κ3) is 2.48. The van der Waals surface area contributed by atoms with Gasteiger partial charge in [0.15, 0.2) is 0 Å². The summed E-state index contributed by atoms with van der Waals surface area (Å²) in [7, 11) is 0. The van der Waals surface area contributed by atoms with Gasteiger partial charge in [-0.1, -0.05) is 40.2 Å². The molecule has 2 heteroatoms. The van der Waals surface area contributed by atoms with Crippen molar-refractivity contribution >= 4 is 23.5 Å². The Bertz CT molecular complexity index is 303. The maximum Gasteiger partial charge on any atom is 0.0485 e. The topological polar surface area (TPSA) is 0 Å². The van der Waals surface area contributed by atoms with Gasteiger partial charge in [-0.2, -0.15) is 0 Å². The van der Waals surface area contributed by atoms with E-state index < -0.39 is 0 Å². The summed E-state index contributed by atoms with van der Waals surface area (Å²) in [6, 6.07) is 0. The first-order valence-corrected chi connectivity index (χ1v) is 6.45. The van der Waals surface area contributed by atoms with Crippen molar-refractivity contribution in [3.05, 3.63) is 30.8 Å². The van der Waals surface area contributed by atoms with Crippen molar-refractivity contribution in [2.75, 3.05) is 0 Å². The summed E-state index contributed by atoms with van der Waals surface area (Å²) >= 11 is 3.86. The van der Waals surface area contributed by atoms with E-state index in [0.717, 1.165) is 0 Å². The van der Waals surface area contributed by atoms with E-state index in [0.29, 0.717) is 0 Å². The second-order valence-corrected chi connectivity index (χ2v) is 6.45. The highest BCUT2D eigenvalue weighted by Crippen LogP contribution is 2.55. The third-order valence-corrected chi connectivity index (χ3v) is 5.36. The van der Waals surface area contributed by atoms with Gasteiger partial charge in [-0.25, -0.2) is 0 Å². The van der Waals surface area contributed by atoms with Gasteiger partial charge >= 0.3 is 0 Å². The van der Waals surface area contributed by atoms with Gasteiger partial charge in [0.2, 0.25) is 0 Å². The summed E-state index contributed by atoms with van der Waals surface area (Å²) in [4.78, 5) is 2.93. The molecule has 1 fully saturated rings. The molecule has 1 heterocycles. The van der Waals surface area contributed by atoms with E-state index in [1.165, 1.54) is 30.8 Å². The van der Waals surface area contributed by atoms with Crippen molar-refractivity contribution in [3.63, 3.8) is 0 Å². The molecule has 78 valence electrons. The van der Waals surface area contributed by atoms with Crippen LogP contribution in [0.5, 0.6) is 0 Å². The van der Waals surface area contributed by atoms with Crippen LogP contribution in [0.25, 0.3) is 0 Å². The predicted molar refractivity (Wildman–Crippen MR) is 70.3 cm³/mol. The Morgan fingerprint density at radius 2 is 1.00 bits per heavy atom. The summed E-state index contributed by atoms with van der Waals surface area (Å²) in [5.41, 5.74) is 4.28. The molecule has 1 aliphatic heterocycles. The molecule has 0 spiro atoms. The van der Waals surface area contributed by atoms with E-state index >= 15 is 0 Å². The minimum absolute atomic E-state index is 1.43. The van der Waals surface area contributed by atoms with Crippen LogP contribution in [0.15, 0.2) is 30.8 Å². The van der Waals surface area contributed by atoms with Crippen LogP contribution < -0.4 is 0 Å². The Morgan fingerprint density at radius 3 is 1.21 bits per heavy atom. The zero-order chi connectivity index (χ0) is 10.9. The zero-order valence-electron chi connectivity index (χ0n) is 9.82. The van der Waals surface area contributed by atoms with Gasteiger partial charge in [0.25, 0.3) is 0 Å². The highest BCUT2D eigenvalue weighted by atomic mass is 32.2. The highest BCUT2D eigenvalue weighted by Gasteiger charge is 2.23. The van der Waals surface area contributed by atoms with Crippen LogP contribution in [0.2, 0.25) is 0 Å². The maximum absolute atomic E-state index is 2.19. The number of allylic oxidation sites excluding steroid dienone is 3. The SMILES string of the molecule is CC(C)=C1SC(=C(C)C)C(=C(C)C)S1. The van der Waals surface area contributed by atoms with Crippen molar-refractivity contribution in [1.82, 2.24) is 0 Å². The molecule has 0 aliphatic carbocycles. The highest BCUT2D eigenvalue weighted by molar-refractivity contribution is 8.29. The molecule has 0 amide bonds. The van der Waals surface area contributed by atoms with Gasteiger partial charge in [-0.15, -0.1) is 0 Å². The summed E-state index contributed by atoms with van der Waals surface area (Å²) < 4.78 is 1.46. The van der Waals surface area contributed by atoms with E-state index in [4.69, 9.17) is 0 Å². The van der Waals surface area contributed by atoms with Crippen LogP contribution >= 0.6 is 23.5 Å². The lowest BCUT2D eigenvalue weighted by Crippen LogP contribution is -1.80. The second-order valence-electron chi connectivity index (χ2n) is 4.15. The average molecular weight is 226 g/mol. The van der Waals surface area contributed by atoms with Crippen molar-refractivity contribution < 1.29 is 0 Å². The lowest BCUT2D eigenvalue weighted by atomic mass is 10.2. The average Bonchev–Trinajstić information content (AvgIpc) is 2.47. The first-order valence-electron chi connectivity index (χ1n) is 4.82. The number of thioether (sulfide) groups is 2. The lowest BCUT2D eigenvalue weighted by molar-refractivity contribution is 1.33. The molecule has 14 heavy (non-hydrogen) atoms. The van der Waals surface area contributed by atoms with Gasteiger partial charge in [-0.3, -0.25) is 0 Å². The Hall–Kier alpha value is -0.0800. The number of rotatable bonds is 0. The maximum atomic E-state index is 2.19. The number of hydrogen-bond donors (Lipinski definition) is 0. The fraction of sp³-hybridized carbons (Fsp3) is 0.500. The van der Waals surface area contributed by atoms with E-state index in [1.807, 2.05) is 23.5 Å². The molecule has 0 aromatic carbocycles. The largest absolute Gasteiger partial charge is 0.0817 e. The normalized spacial score (nSPS) is 16.3. The first-order chi connectivity index (χ1) is 6.43. The lowest BCUT2D eigenvalue weighted by Gasteiger charge is -2.02. The molecule has 0 aromatic heterocycles. The van der Waals surface area contributed by atoms with Crippen LogP contribution in [-0.2, 0) is 0 Å². The molecule has 1 aliphatic rings. The number of hydrogen-bond acceptors (Lipinski definition) is 2. The molecular weight excluding hydrogens is 208 g/mol. The molecule has 0 saturated carbocycles. The zero-order valence-corrected chi connectivity index (χ0v) is 11.4. The van der Waals surface area contributed by atoms with Crippen LogP contribution in [-0.4, -0.2) is 0 Å². The Morgan fingerprint density at radius 1 is 0.643 bits per heavy atom. The van der Waals surface area contributed by atoms with Gasteiger partial charge < -0.3 is 0 Å². The van der Waals surface area contributed by atoms with Crippen LogP contribution in [0, 0.1) is 0 Å². The Kier molecular flexibility index (Phi) is 3.96. The fourth-order valence-corrected chi connectivity index (χ4v) is 3.86. The van der Waals surface area contributed by atoms with Crippen molar-refractivity contribution in [2.45, 2.75) is 41.5 Å². The Labute approximate surface area is 95.9 Å². The van der Waals surface area contributed by atoms with Gasteiger partial charge in [0, 0.05) is 14.0 Å². The Balaban J connectivity index is 3.19. The van der Waals surface area contributed by atoms with Gasteiger partial charge in [0.1, 0.15) is 0 Å². The van der Waals surface area contributed by atoms with Crippen LogP contribution in [0.3, 0.4) is 0 Å². The fourth-order valence-electron chi connectivity index (χ4n) is 1.16. The standard InChI is InChI=1S/C12H18S2/c1-7(2)10-11(8(3)4)14-12(13-10)9(5)6/h1-6H3. The summed E-state index contributed by atoms with van der Waals surface area (Å²) in [5, 5.41) is 0. The van der Waals surface area contributed by atoms with Crippen molar-refractivity contribution in [3.8, 4) is 0 Å². The smallest absolute Gasteiger partial charge is 0.0485 e. The van der Waals surface area contributed by atoms with Crippen LogP contribution in [0.1, 0.15) is 41.5 Å². The van der Waals surface area contributed by atoms with Crippen molar-refractivity contribution in [2.24, 2.45) is 0 Å².